The number of amides is 1. The number of aryl methyl sites for hydroxylation is 1. The molecule has 6 heteroatoms. The smallest absolute Gasteiger partial charge is 0.326 e. The van der Waals surface area contributed by atoms with Crippen LogP contribution in [0.25, 0.3) is 0 Å². The van der Waals surface area contributed by atoms with Gasteiger partial charge >= 0.3 is 5.97 Å². The fourth-order valence-corrected chi connectivity index (χ4v) is 1.62. The Morgan fingerprint density at radius 2 is 2.11 bits per heavy atom. The molecule has 1 aromatic rings. The van der Waals surface area contributed by atoms with Crippen LogP contribution in [0.1, 0.15) is 22.3 Å². The molecule has 0 saturated carbocycles. The molecule has 104 valence electrons. The summed E-state index contributed by atoms with van der Waals surface area (Å²) in [6.45, 7) is 1.50. The zero-order valence-electron chi connectivity index (χ0n) is 10.8. The lowest BCUT2D eigenvalue weighted by Gasteiger charge is -2.15. The van der Waals surface area contributed by atoms with Crippen molar-refractivity contribution in [3.05, 3.63) is 29.3 Å². The second kappa shape index (κ2) is 6.75. The van der Waals surface area contributed by atoms with Crippen LogP contribution in [0.2, 0.25) is 0 Å². The number of ether oxygens (including phenoxy) is 1. The highest BCUT2D eigenvalue weighted by molar-refractivity contribution is 5.99. The Hall–Kier alpha value is -2.08. The maximum absolute atomic E-state index is 12.0. The predicted molar refractivity (Wildman–Crippen MR) is 68.3 cm³/mol. The summed E-state index contributed by atoms with van der Waals surface area (Å²) in [6, 6.07) is 3.93. The number of carbonyl (C=O) groups is 2. The van der Waals surface area contributed by atoms with Crippen LogP contribution in [0.5, 0.6) is 5.75 Å². The summed E-state index contributed by atoms with van der Waals surface area (Å²) in [7, 11) is 1.43. The summed E-state index contributed by atoms with van der Waals surface area (Å²) >= 11 is 0. The third-order valence-corrected chi connectivity index (χ3v) is 2.62. The zero-order valence-corrected chi connectivity index (χ0v) is 10.8. The average molecular weight is 267 g/mol. The van der Waals surface area contributed by atoms with Crippen molar-refractivity contribution in [1.82, 2.24) is 5.32 Å². The van der Waals surface area contributed by atoms with Crippen LogP contribution in [0.4, 0.5) is 0 Å². The van der Waals surface area contributed by atoms with Gasteiger partial charge in [-0.15, -0.1) is 0 Å². The van der Waals surface area contributed by atoms with Gasteiger partial charge in [0, 0.05) is 13.0 Å². The molecular weight excluding hydrogens is 250 g/mol. The molecule has 1 atom stereocenters. The number of nitrogens with one attached hydrogen (secondary N) is 1. The van der Waals surface area contributed by atoms with E-state index in [1.807, 2.05) is 6.92 Å². The quantitative estimate of drug-likeness (QED) is 0.700. The number of hydrogen-bond donors (Lipinski definition) is 3. The Balaban J connectivity index is 2.93. The van der Waals surface area contributed by atoms with Crippen LogP contribution >= 0.6 is 0 Å². The highest BCUT2D eigenvalue weighted by Gasteiger charge is 2.21. The standard InChI is InChI=1S/C13H17NO5/c1-8-3-4-11(19-2)9(7-8)12(16)14-10(5-6-15)13(17)18/h3-4,7,10,15H,5-6H2,1-2H3,(H,14,16)(H,17,18). The number of benzene rings is 1. The summed E-state index contributed by atoms with van der Waals surface area (Å²) < 4.78 is 5.07. The maximum Gasteiger partial charge on any atom is 0.326 e. The first-order valence-corrected chi connectivity index (χ1v) is 5.78. The Morgan fingerprint density at radius 1 is 1.42 bits per heavy atom. The molecule has 0 spiro atoms. The van der Waals surface area contributed by atoms with Gasteiger partial charge in [-0.25, -0.2) is 4.79 Å². The molecule has 0 fully saturated rings. The first-order chi connectivity index (χ1) is 8.99. The van der Waals surface area contributed by atoms with Crippen LogP contribution in [0, 0.1) is 6.92 Å². The Bertz CT molecular complexity index is 472. The number of carboxylic acid groups (broad SMARTS) is 1. The molecule has 0 radical (unpaired) electrons. The number of aliphatic hydroxyl groups excluding tert-OH is 1. The van der Waals surface area contributed by atoms with E-state index in [2.05, 4.69) is 5.32 Å². The second-order valence-corrected chi connectivity index (χ2v) is 4.08. The van der Waals surface area contributed by atoms with E-state index < -0.39 is 17.9 Å². The molecule has 1 amide bonds. The third kappa shape index (κ3) is 3.96. The van der Waals surface area contributed by atoms with Crippen molar-refractivity contribution in [2.45, 2.75) is 19.4 Å². The number of methoxy groups -OCH3 is 1. The Kier molecular flexibility index (Phi) is 5.32. The highest BCUT2D eigenvalue weighted by Crippen LogP contribution is 2.19. The summed E-state index contributed by atoms with van der Waals surface area (Å²) in [6.07, 6.45) is -0.0464. The van der Waals surface area contributed by atoms with Crippen molar-refractivity contribution in [2.24, 2.45) is 0 Å². The summed E-state index contributed by atoms with van der Waals surface area (Å²) in [4.78, 5) is 23.0. The van der Waals surface area contributed by atoms with E-state index in [-0.39, 0.29) is 18.6 Å². The van der Waals surface area contributed by atoms with Crippen molar-refractivity contribution in [2.75, 3.05) is 13.7 Å². The second-order valence-electron chi connectivity index (χ2n) is 4.08. The number of carboxylic acids is 1. The zero-order chi connectivity index (χ0) is 14.4. The Morgan fingerprint density at radius 3 is 2.63 bits per heavy atom. The summed E-state index contributed by atoms with van der Waals surface area (Å²) in [5.74, 6) is -1.35. The summed E-state index contributed by atoms with van der Waals surface area (Å²) in [5.41, 5.74) is 1.13. The largest absolute Gasteiger partial charge is 0.496 e. The van der Waals surface area contributed by atoms with E-state index >= 15 is 0 Å². The topological polar surface area (TPSA) is 95.9 Å². The van der Waals surface area contributed by atoms with Crippen molar-refractivity contribution in [3.8, 4) is 5.75 Å². The molecule has 0 aromatic heterocycles. The van der Waals surface area contributed by atoms with Gasteiger partial charge in [0.05, 0.1) is 12.7 Å². The third-order valence-electron chi connectivity index (χ3n) is 2.62. The maximum atomic E-state index is 12.0. The first-order valence-electron chi connectivity index (χ1n) is 5.78. The van der Waals surface area contributed by atoms with Crippen molar-refractivity contribution < 1.29 is 24.5 Å². The van der Waals surface area contributed by atoms with Crippen LogP contribution in [0.15, 0.2) is 18.2 Å². The minimum Gasteiger partial charge on any atom is -0.496 e. The average Bonchev–Trinajstić information content (AvgIpc) is 2.37. The SMILES string of the molecule is COc1ccc(C)cc1C(=O)NC(CCO)C(=O)O. The van der Waals surface area contributed by atoms with Crippen molar-refractivity contribution in [3.63, 3.8) is 0 Å². The fourth-order valence-electron chi connectivity index (χ4n) is 1.62. The monoisotopic (exact) mass is 267 g/mol. The lowest BCUT2D eigenvalue weighted by Crippen LogP contribution is -2.41. The summed E-state index contributed by atoms with van der Waals surface area (Å²) in [5, 5.41) is 20.1. The van der Waals surface area contributed by atoms with Crippen LogP contribution < -0.4 is 10.1 Å². The first kappa shape index (κ1) is 15.0. The van der Waals surface area contributed by atoms with Gasteiger partial charge in [-0.05, 0) is 19.1 Å². The van der Waals surface area contributed by atoms with Crippen molar-refractivity contribution >= 4 is 11.9 Å². The molecule has 0 saturated heterocycles. The van der Waals surface area contributed by atoms with Gasteiger partial charge in [0.15, 0.2) is 0 Å². The minimum absolute atomic E-state index is 0.0464. The predicted octanol–water partition coefficient (Wildman–Crippen LogP) is 0.569. The normalized spacial score (nSPS) is 11.7. The molecule has 1 unspecified atom stereocenters. The molecule has 3 N–H and O–H groups in total. The van der Waals surface area contributed by atoms with E-state index in [1.54, 1.807) is 18.2 Å². The lowest BCUT2D eigenvalue weighted by atomic mass is 10.1. The van der Waals surface area contributed by atoms with Gasteiger partial charge in [0.25, 0.3) is 5.91 Å². The molecule has 0 bridgehead atoms. The van der Waals surface area contributed by atoms with Gasteiger partial charge in [-0.2, -0.15) is 0 Å². The van der Waals surface area contributed by atoms with Gasteiger partial charge in [-0.3, -0.25) is 4.79 Å². The number of aliphatic hydroxyl groups is 1. The van der Waals surface area contributed by atoms with Gasteiger partial charge < -0.3 is 20.3 Å². The number of carbonyl (C=O) groups excluding carboxylic acids is 1. The van der Waals surface area contributed by atoms with Crippen LogP contribution in [-0.2, 0) is 4.79 Å². The molecular formula is C13H17NO5. The van der Waals surface area contributed by atoms with Gasteiger partial charge in [-0.1, -0.05) is 11.6 Å². The number of aliphatic carboxylic acids is 1. The van der Waals surface area contributed by atoms with E-state index in [1.165, 1.54) is 7.11 Å². The van der Waals surface area contributed by atoms with Crippen LogP contribution in [0.3, 0.4) is 0 Å². The molecule has 0 heterocycles. The van der Waals surface area contributed by atoms with Gasteiger partial charge in [0.2, 0.25) is 0 Å². The van der Waals surface area contributed by atoms with Crippen molar-refractivity contribution in [1.29, 1.82) is 0 Å². The van der Waals surface area contributed by atoms with E-state index in [9.17, 15) is 9.59 Å². The van der Waals surface area contributed by atoms with Crippen LogP contribution in [-0.4, -0.2) is 41.8 Å². The fraction of sp³-hybridized carbons (Fsp3) is 0.385. The Labute approximate surface area is 111 Å². The molecule has 1 rings (SSSR count). The van der Waals surface area contributed by atoms with E-state index in [0.29, 0.717) is 5.75 Å². The molecule has 0 aliphatic heterocycles. The van der Waals surface area contributed by atoms with E-state index in [0.717, 1.165) is 5.56 Å². The number of rotatable bonds is 6. The minimum atomic E-state index is -1.19. The van der Waals surface area contributed by atoms with Gasteiger partial charge in [0.1, 0.15) is 11.8 Å². The molecule has 0 aliphatic carbocycles. The molecule has 1 aromatic carbocycles. The lowest BCUT2D eigenvalue weighted by molar-refractivity contribution is -0.139. The molecule has 6 nitrogen and oxygen atoms in total. The molecule has 19 heavy (non-hydrogen) atoms. The molecule has 0 aliphatic rings. The number of hydrogen-bond acceptors (Lipinski definition) is 4. The highest BCUT2D eigenvalue weighted by atomic mass is 16.5. The van der Waals surface area contributed by atoms with E-state index in [4.69, 9.17) is 14.9 Å².